The molecule has 0 spiro atoms. The predicted molar refractivity (Wildman–Crippen MR) is 78.2 cm³/mol. The molecule has 1 amide bonds. The number of hydrogen-bond donors (Lipinski definition) is 1. The van der Waals surface area contributed by atoms with Gasteiger partial charge in [-0.1, -0.05) is 37.1 Å². The van der Waals surface area contributed by atoms with Crippen LogP contribution in [-0.4, -0.2) is 29.8 Å². The summed E-state index contributed by atoms with van der Waals surface area (Å²) in [5.41, 5.74) is 3.02. The van der Waals surface area contributed by atoms with Gasteiger partial charge in [-0.3, -0.25) is 10.1 Å². The van der Waals surface area contributed by atoms with Crippen molar-refractivity contribution in [3.63, 3.8) is 0 Å². The minimum absolute atomic E-state index is 0.220. The van der Waals surface area contributed by atoms with Crippen molar-refractivity contribution in [3.8, 4) is 0 Å². The summed E-state index contributed by atoms with van der Waals surface area (Å²) in [6.07, 6.45) is -1.47. The Morgan fingerprint density at radius 2 is 2.05 bits per heavy atom. The van der Waals surface area contributed by atoms with Gasteiger partial charge in [-0.2, -0.15) is 0 Å². The largest absolute Gasteiger partial charge is 0.316 e. The third-order valence-corrected chi connectivity index (χ3v) is 3.88. The van der Waals surface area contributed by atoms with Crippen LogP contribution >= 0.6 is 0 Å². The highest BCUT2D eigenvalue weighted by atomic mass is 19.3. The van der Waals surface area contributed by atoms with Gasteiger partial charge in [0.1, 0.15) is 6.17 Å². The maximum Gasteiger partial charge on any atom is 0.255 e. The summed E-state index contributed by atoms with van der Waals surface area (Å²) in [5, 5.41) is 3.22. The molecule has 21 heavy (non-hydrogen) atoms. The Hall–Kier alpha value is -1.49. The van der Waals surface area contributed by atoms with Crippen molar-refractivity contribution in [1.29, 1.82) is 0 Å². The second-order valence-corrected chi connectivity index (χ2v) is 5.65. The maximum atomic E-state index is 12.8. The van der Waals surface area contributed by atoms with Gasteiger partial charge >= 0.3 is 0 Å². The fraction of sp³-hybridized carbons (Fsp3) is 0.562. The lowest BCUT2D eigenvalue weighted by atomic mass is 10.0. The van der Waals surface area contributed by atoms with Crippen LogP contribution in [0.3, 0.4) is 0 Å². The van der Waals surface area contributed by atoms with Gasteiger partial charge in [0.2, 0.25) is 5.91 Å². The van der Waals surface area contributed by atoms with Crippen molar-refractivity contribution in [2.24, 2.45) is 0 Å². The van der Waals surface area contributed by atoms with E-state index in [4.69, 9.17) is 0 Å². The number of nitrogens with zero attached hydrogens (tertiary/aromatic N) is 1. The van der Waals surface area contributed by atoms with E-state index in [0.29, 0.717) is 6.42 Å². The number of nitrogens with one attached hydrogen (secondary N) is 1. The van der Waals surface area contributed by atoms with Crippen molar-refractivity contribution in [2.45, 2.75) is 52.2 Å². The van der Waals surface area contributed by atoms with E-state index in [9.17, 15) is 13.6 Å². The Morgan fingerprint density at radius 3 is 2.62 bits per heavy atom. The molecule has 1 heterocycles. The number of carbonyl (C=O) groups excluding carboxylic acids is 1. The number of hydrogen-bond acceptors (Lipinski definition) is 2. The van der Waals surface area contributed by atoms with Crippen molar-refractivity contribution in [3.05, 3.63) is 34.9 Å². The molecular weight excluding hydrogens is 274 g/mol. The van der Waals surface area contributed by atoms with Crippen LogP contribution in [0.4, 0.5) is 8.78 Å². The first-order chi connectivity index (χ1) is 9.93. The molecule has 3 nitrogen and oxygen atoms in total. The molecule has 0 aliphatic carbocycles. The SMILES string of the molecule is CCCC1NC(c2ccc(C)cc2C)N(CC(F)F)C1=O. The van der Waals surface area contributed by atoms with Crippen LogP contribution < -0.4 is 5.32 Å². The van der Waals surface area contributed by atoms with Gasteiger partial charge in [-0.15, -0.1) is 0 Å². The fourth-order valence-electron chi connectivity index (χ4n) is 2.91. The third kappa shape index (κ3) is 3.40. The van der Waals surface area contributed by atoms with Gasteiger partial charge in [-0.05, 0) is 31.4 Å². The molecule has 1 saturated heterocycles. The molecule has 1 aromatic carbocycles. The summed E-state index contributed by atoms with van der Waals surface area (Å²) in [7, 11) is 0. The number of halogens is 2. The normalized spacial score (nSPS) is 22.4. The summed E-state index contributed by atoms with van der Waals surface area (Å²) in [6, 6.07) is 5.51. The fourth-order valence-corrected chi connectivity index (χ4v) is 2.91. The zero-order chi connectivity index (χ0) is 15.6. The van der Waals surface area contributed by atoms with Crippen LogP contribution in [0.5, 0.6) is 0 Å². The highest BCUT2D eigenvalue weighted by molar-refractivity contribution is 5.84. The van der Waals surface area contributed by atoms with Crippen molar-refractivity contribution >= 4 is 5.91 Å². The lowest BCUT2D eigenvalue weighted by Crippen LogP contribution is -2.35. The molecule has 0 radical (unpaired) electrons. The van der Waals surface area contributed by atoms with Crippen LogP contribution in [-0.2, 0) is 4.79 Å². The molecule has 1 aliphatic heterocycles. The van der Waals surface area contributed by atoms with Gasteiger partial charge in [0.25, 0.3) is 6.43 Å². The molecule has 0 saturated carbocycles. The first-order valence-electron chi connectivity index (χ1n) is 7.35. The van der Waals surface area contributed by atoms with Crippen LogP contribution in [0.1, 0.15) is 42.6 Å². The van der Waals surface area contributed by atoms with E-state index in [1.165, 1.54) is 4.90 Å². The molecule has 1 fully saturated rings. The van der Waals surface area contributed by atoms with Gasteiger partial charge in [-0.25, -0.2) is 8.78 Å². The van der Waals surface area contributed by atoms with Crippen molar-refractivity contribution in [2.75, 3.05) is 6.54 Å². The summed E-state index contributed by atoms with van der Waals surface area (Å²) in [4.78, 5) is 13.6. The van der Waals surface area contributed by atoms with Crippen LogP contribution in [0, 0.1) is 13.8 Å². The van der Waals surface area contributed by atoms with Crippen molar-refractivity contribution < 1.29 is 13.6 Å². The summed E-state index contributed by atoms with van der Waals surface area (Å²) in [5.74, 6) is -0.220. The Balaban J connectivity index is 2.31. The average molecular weight is 296 g/mol. The first-order valence-corrected chi connectivity index (χ1v) is 7.35. The second-order valence-electron chi connectivity index (χ2n) is 5.65. The van der Waals surface area contributed by atoms with Crippen LogP contribution in [0.15, 0.2) is 18.2 Å². The lowest BCUT2D eigenvalue weighted by Gasteiger charge is -2.25. The average Bonchev–Trinajstić information content (AvgIpc) is 2.68. The van der Waals surface area contributed by atoms with Gasteiger partial charge in [0, 0.05) is 0 Å². The molecule has 1 aliphatic rings. The minimum Gasteiger partial charge on any atom is -0.316 e. The molecular formula is C16H22F2N2O. The number of aryl methyl sites for hydroxylation is 2. The molecule has 1 N–H and O–H groups in total. The molecule has 0 aromatic heterocycles. The second kappa shape index (κ2) is 6.52. The molecule has 5 heteroatoms. The zero-order valence-electron chi connectivity index (χ0n) is 12.7. The molecule has 2 atom stereocenters. The number of rotatable bonds is 5. The molecule has 1 aromatic rings. The lowest BCUT2D eigenvalue weighted by molar-refractivity contribution is -0.132. The maximum absolute atomic E-state index is 12.8. The third-order valence-electron chi connectivity index (χ3n) is 3.88. The van der Waals surface area contributed by atoms with E-state index < -0.39 is 19.1 Å². The van der Waals surface area contributed by atoms with E-state index in [0.717, 1.165) is 23.1 Å². The number of benzene rings is 1. The molecule has 0 bridgehead atoms. The van der Waals surface area contributed by atoms with Gasteiger partial charge < -0.3 is 4.90 Å². The predicted octanol–water partition coefficient (Wildman–Crippen LogP) is 3.17. The highest BCUT2D eigenvalue weighted by Crippen LogP contribution is 2.30. The summed E-state index contributed by atoms with van der Waals surface area (Å²) in [6.45, 7) is 5.39. The Bertz CT molecular complexity index is 519. The quantitative estimate of drug-likeness (QED) is 0.905. The van der Waals surface area contributed by atoms with Gasteiger partial charge in [0.15, 0.2) is 0 Å². The first kappa shape index (κ1) is 15.9. The summed E-state index contributed by atoms with van der Waals surface area (Å²) >= 11 is 0. The van der Waals surface area contributed by atoms with Crippen LogP contribution in [0.2, 0.25) is 0 Å². The Morgan fingerprint density at radius 1 is 1.33 bits per heavy atom. The van der Waals surface area contributed by atoms with Crippen LogP contribution in [0.25, 0.3) is 0 Å². The molecule has 2 rings (SSSR count). The van der Waals surface area contributed by atoms with E-state index >= 15 is 0 Å². The number of carbonyl (C=O) groups is 1. The number of amides is 1. The number of alkyl halides is 2. The molecule has 116 valence electrons. The Labute approximate surface area is 124 Å². The van der Waals surface area contributed by atoms with E-state index in [1.807, 2.05) is 39.0 Å². The standard InChI is InChI=1S/C16H22F2N2O/c1-4-5-13-16(21)20(9-14(17)18)15(19-13)12-7-6-10(2)8-11(12)3/h6-8,13-15,19H,4-5,9H2,1-3H3. The summed E-state index contributed by atoms with van der Waals surface area (Å²) < 4.78 is 25.6. The topological polar surface area (TPSA) is 32.3 Å². The monoisotopic (exact) mass is 296 g/mol. The minimum atomic E-state index is -2.52. The Kier molecular flexibility index (Phi) is 4.93. The molecule has 2 unspecified atom stereocenters. The van der Waals surface area contributed by atoms with Gasteiger partial charge in [0.05, 0.1) is 12.6 Å². The van der Waals surface area contributed by atoms with E-state index in [1.54, 1.807) is 0 Å². The van der Waals surface area contributed by atoms with E-state index in [2.05, 4.69) is 5.32 Å². The van der Waals surface area contributed by atoms with Crippen molar-refractivity contribution in [1.82, 2.24) is 10.2 Å². The van der Waals surface area contributed by atoms with E-state index in [-0.39, 0.29) is 11.9 Å². The zero-order valence-corrected chi connectivity index (χ0v) is 12.7. The highest BCUT2D eigenvalue weighted by Gasteiger charge is 2.40. The smallest absolute Gasteiger partial charge is 0.255 e.